The standard InChI is InChI=1S/C18H24N4O/c1-14-11-17(20-18(23)8-7-15-9-10-19-12-15)22(21-14)13-16-5-3-2-4-6-16/h2-6,11,15,19H,7-10,12-13H2,1H3,(H,20,23). The van der Waals surface area contributed by atoms with Gasteiger partial charge in [-0.3, -0.25) is 4.79 Å². The minimum absolute atomic E-state index is 0.0751. The van der Waals surface area contributed by atoms with E-state index in [2.05, 4.69) is 27.9 Å². The molecule has 1 atom stereocenters. The van der Waals surface area contributed by atoms with Crippen molar-refractivity contribution >= 4 is 11.7 Å². The van der Waals surface area contributed by atoms with Gasteiger partial charge in [0, 0.05) is 12.5 Å². The van der Waals surface area contributed by atoms with E-state index in [1.807, 2.05) is 35.9 Å². The van der Waals surface area contributed by atoms with E-state index in [0.717, 1.165) is 31.0 Å². The first-order chi connectivity index (χ1) is 11.2. The Morgan fingerprint density at radius 3 is 2.96 bits per heavy atom. The molecule has 122 valence electrons. The summed E-state index contributed by atoms with van der Waals surface area (Å²) in [6.45, 7) is 4.73. The van der Waals surface area contributed by atoms with Crippen LogP contribution in [0.2, 0.25) is 0 Å². The number of nitrogens with zero attached hydrogens (tertiary/aromatic N) is 2. The quantitative estimate of drug-likeness (QED) is 0.862. The monoisotopic (exact) mass is 312 g/mol. The van der Waals surface area contributed by atoms with Crippen molar-refractivity contribution in [3.05, 3.63) is 47.7 Å². The number of aryl methyl sites for hydroxylation is 1. The highest BCUT2D eigenvalue weighted by Gasteiger charge is 2.16. The highest BCUT2D eigenvalue weighted by Crippen LogP contribution is 2.17. The van der Waals surface area contributed by atoms with Crippen LogP contribution in [0.1, 0.15) is 30.5 Å². The molecule has 1 aliphatic rings. The van der Waals surface area contributed by atoms with Gasteiger partial charge in [-0.15, -0.1) is 0 Å². The fraction of sp³-hybridized carbons (Fsp3) is 0.444. The zero-order chi connectivity index (χ0) is 16.1. The molecule has 2 heterocycles. The second-order valence-electron chi connectivity index (χ2n) is 6.26. The largest absolute Gasteiger partial charge is 0.316 e. The number of amides is 1. The topological polar surface area (TPSA) is 59.0 Å². The smallest absolute Gasteiger partial charge is 0.225 e. The lowest BCUT2D eigenvalue weighted by Gasteiger charge is -2.10. The molecule has 1 aromatic carbocycles. The van der Waals surface area contributed by atoms with Crippen LogP contribution in [0.15, 0.2) is 36.4 Å². The van der Waals surface area contributed by atoms with Gasteiger partial charge in [0.1, 0.15) is 5.82 Å². The maximum absolute atomic E-state index is 12.2. The lowest BCUT2D eigenvalue weighted by molar-refractivity contribution is -0.116. The summed E-state index contributed by atoms with van der Waals surface area (Å²) < 4.78 is 1.86. The molecule has 1 amide bonds. The maximum atomic E-state index is 12.2. The third-order valence-corrected chi connectivity index (χ3v) is 4.29. The van der Waals surface area contributed by atoms with Gasteiger partial charge >= 0.3 is 0 Å². The third kappa shape index (κ3) is 4.42. The van der Waals surface area contributed by atoms with Crippen molar-refractivity contribution in [1.82, 2.24) is 15.1 Å². The van der Waals surface area contributed by atoms with Crippen molar-refractivity contribution in [2.24, 2.45) is 5.92 Å². The summed E-state index contributed by atoms with van der Waals surface area (Å²) in [5.41, 5.74) is 2.08. The molecule has 23 heavy (non-hydrogen) atoms. The molecule has 2 aromatic rings. The molecule has 5 heteroatoms. The van der Waals surface area contributed by atoms with E-state index in [1.54, 1.807) is 0 Å². The predicted octanol–water partition coefficient (Wildman–Crippen LogP) is 2.57. The van der Waals surface area contributed by atoms with Crippen LogP contribution in [0.25, 0.3) is 0 Å². The fourth-order valence-electron chi connectivity index (χ4n) is 3.02. The van der Waals surface area contributed by atoms with Crippen molar-refractivity contribution in [2.75, 3.05) is 18.4 Å². The minimum Gasteiger partial charge on any atom is -0.316 e. The molecule has 0 aliphatic carbocycles. The Morgan fingerprint density at radius 2 is 2.22 bits per heavy atom. The van der Waals surface area contributed by atoms with Crippen LogP contribution in [0, 0.1) is 12.8 Å². The van der Waals surface area contributed by atoms with Gasteiger partial charge < -0.3 is 10.6 Å². The minimum atomic E-state index is 0.0751. The summed E-state index contributed by atoms with van der Waals surface area (Å²) in [5.74, 6) is 1.49. The second-order valence-corrected chi connectivity index (χ2v) is 6.26. The van der Waals surface area contributed by atoms with Gasteiger partial charge in [-0.25, -0.2) is 4.68 Å². The van der Waals surface area contributed by atoms with Gasteiger partial charge in [-0.2, -0.15) is 5.10 Å². The van der Waals surface area contributed by atoms with Crippen LogP contribution in [0.4, 0.5) is 5.82 Å². The Labute approximate surface area is 137 Å². The molecule has 0 saturated carbocycles. The molecule has 0 spiro atoms. The zero-order valence-corrected chi connectivity index (χ0v) is 13.6. The number of anilines is 1. The van der Waals surface area contributed by atoms with Crippen LogP contribution in [-0.4, -0.2) is 28.8 Å². The Kier molecular flexibility index (Phi) is 5.08. The number of benzene rings is 1. The normalized spacial score (nSPS) is 17.3. The number of hydrogen-bond acceptors (Lipinski definition) is 3. The van der Waals surface area contributed by atoms with E-state index in [0.29, 0.717) is 18.9 Å². The molecule has 2 N–H and O–H groups in total. The Hall–Kier alpha value is -2.14. The molecule has 0 bridgehead atoms. The predicted molar refractivity (Wildman–Crippen MR) is 91.3 cm³/mol. The summed E-state index contributed by atoms with van der Waals surface area (Å²) in [4.78, 5) is 12.2. The first-order valence-electron chi connectivity index (χ1n) is 8.29. The SMILES string of the molecule is Cc1cc(NC(=O)CCC2CCNC2)n(Cc2ccccc2)n1. The molecular weight excluding hydrogens is 288 g/mol. The van der Waals surface area contributed by atoms with E-state index in [-0.39, 0.29) is 5.91 Å². The van der Waals surface area contributed by atoms with Crippen LogP contribution in [0.5, 0.6) is 0 Å². The Morgan fingerprint density at radius 1 is 1.39 bits per heavy atom. The fourth-order valence-corrected chi connectivity index (χ4v) is 3.02. The van der Waals surface area contributed by atoms with Crippen molar-refractivity contribution in [3.8, 4) is 0 Å². The lowest BCUT2D eigenvalue weighted by Crippen LogP contribution is -2.17. The summed E-state index contributed by atoms with van der Waals surface area (Å²) in [5, 5.41) is 10.8. The van der Waals surface area contributed by atoms with Crippen molar-refractivity contribution in [1.29, 1.82) is 0 Å². The van der Waals surface area contributed by atoms with Crippen molar-refractivity contribution in [3.63, 3.8) is 0 Å². The van der Waals surface area contributed by atoms with Gasteiger partial charge in [-0.1, -0.05) is 30.3 Å². The molecule has 3 rings (SSSR count). The summed E-state index contributed by atoms with van der Waals surface area (Å²) in [6, 6.07) is 12.1. The number of rotatable bonds is 6. The molecule has 0 radical (unpaired) electrons. The molecule has 1 aliphatic heterocycles. The molecule has 1 fully saturated rings. The van der Waals surface area contributed by atoms with Crippen molar-refractivity contribution in [2.45, 2.75) is 32.7 Å². The summed E-state index contributed by atoms with van der Waals surface area (Å²) >= 11 is 0. The highest BCUT2D eigenvalue weighted by molar-refractivity contribution is 5.89. The van der Waals surface area contributed by atoms with Crippen LogP contribution in [0.3, 0.4) is 0 Å². The highest BCUT2D eigenvalue weighted by atomic mass is 16.1. The van der Waals surface area contributed by atoms with E-state index >= 15 is 0 Å². The average Bonchev–Trinajstić information content (AvgIpc) is 3.17. The maximum Gasteiger partial charge on any atom is 0.225 e. The van der Waals surface area contributed by atoms with E-state index in [4.69, 9.17) is 0 Å². The van der Waals surface area contributed by atoms with Gasteiger partial charge in [0.25, 0.3) is 0 Å². The average molecular weight is 312 g/mol. The summed E-state index contributed by atoms with van der Waals surface area (Å²) in [6.07, 6.45) is 2.70. The van der Waals surface area contributed by atoms with Crippen LogP contribution >= 0.6 is 0 Å². The van der Waals surface area contributed by atoms with Crippen molar-refractivity contribution < 1.29 is 4.79 Å². The van der Waals surface area contributed by atoms with Crippen LogP contribution in [-0.2, 0) is 11.3 Å². The number of nitrogens with one attached hydrogen (secondary N) is 2. The number of aromatic nitrogens is 2. The first-order valence-corrected chi connectivity index (χ1v) is 8.29. The van der Waals surface area contributed by atoms with Gasteiger partial charge in [0.2, 0.25) is 5.91 Å². The zero-order valence-electron chi connectivity index (χ0n) is 13.6. The van der Waals surface area contributed by atoms with Gasteiger partial charge in [0.05, 0.1) is 12.2 Å². The lowest BCUT2D eigenvalue weighted by atomic mass is 10.0. The number of hydrogen-bond donors (Lipinski definition) is 2. The molecule has 1 aromatic heterocycles. The van der Waals surface area contributed by atoms with E-state index in [1.165, 1.54) is 12.0 Å². The summed E-state index contributed by atoms with van der Waals surface area (Å²) in [7, 11) is 0. The van der Waals surface area contributed by atoms with Gasteiger partial charge in [0.15, 0.2) is 0 Å². The molecule has 1 unspecified atom stereocenters. The molecule has 1 saturated heterocycles. The molecular formula is C18H24N4O. The first kappa shape index (κ1) is 15.7. The Balaban J connectivity index is 1.59. The molecule has 5 nitrogen and oxygen atoms in total. The third-order valence-electron chi connectivity index (χ3n) is 4.29. The van der Waals surface area contributed by atoms with Gasteiger partial charge in [-0.05, 0) is 44.3 Å². The van der Waals surface area contributed by atoms with E-state index in [9.17, 15) is 4.79 Å². The second kappa shape index (κ2) is 7.42. The number of carbonyl (C=O) groups is 1. The van der Waals surface area contributed by atoms with E-state index < -0.39 is 0 Å². The number of carbonyl (C=O) groups excluding carboxylic acids is 1. The Bertz CT molecular complexity index is 644. The van der Waals surface area contributed by atoms with Crippen LogP contribution < -0.4 is 10.6 Å².